The van der Waals surface area contributed by atoms with Gasteiger partial charge in [-0.3, -0.25) is 4.79 Å². The number of aryl methyl sites for hydroxylation is 1. The molecule has 1 aliphatic rings. The van der Waals surface area contributed by atoms with Crippen LogP contribution in [0.25, 0.3) is 0 Å². The zero-order valence-electron chi connectivity index (χ0n) is 11.2. The summed E-state index contributed by atoms with van der Waals surface area (Å²) in [6, 6.07) is 6.20. The largest absolute Gasteiger partial charge is 0.489 e. The van der Waals surface area contributed by atoms with E-state index in [1.54, 1.807) is 0 Å². The number of ether oxygens (including phenoxy) is 1. The molecule has 18 heavy (non-hydrogen) atoms. The molecule has 0 spiro atoms. The van der Waals surface area contributed by atoms with Crippen LogP contribution in [0.15, 0.2) is 18.2 Å². The van der Waals surface area contributed by atoms with Gasteiger partial charge in [-0.2, -0.15) is 0 Å². The second-order valence-corrected chi connectivity index (χ2v) is 5.92. The molecule has 0 saturated carbocycles. The number of carboxylic acids is 1. The van der Waals surface area contributed by atoms with Gasteiger partial charge in [-0.05, 0) is 29.4 Å². The predicted octanol–water partition coefficient (Wildman–Crippen LogP) is 3.15. The van der Waals surface area contributed by atoms with E-state index in [9.17, 15) is 4.79 Å². The average Bonchev–Trinajstić information content (AvgIpc) is 2.26. The smallest absolute Gasteiger partial charge is 0.307 e. The van der Waals surface area contributed by atoms with E-state index in [0.717, 1.165) is 24.2 Å². The molecule has 0 aliphatic carbocycles. The Morgan fingerprint density at radius 1 is 1.44 bits per heavy atom. The van der Waals surface area contributed by atoms with Crippen molar-refractivity contribution in [3.8, 4) is 5.75 Å². The molecule has 0 fully saturated rings. The van der Waals surface area contributed by atoms with Gasteiger partial charge in [-0.15, -0.1) is 0 Å². The number of aliphatic carboxylic acids is 1. The number of benzene rings is 1. The number of carboxylic acid groups (broad SMARTS) is 1. The molecule has 1 aliphatic heterocycles. The summed E-state index contributed by atoms with van der Waals surface area (Å²) >= 11 is 0. The van der Waals surface area contributed by atoms with E-state index in [4.69, 9.17) is 9.84 Å². The van der Waals surface area contributed by atoms with E-state index < -0.39 is 5.97 Å². The Bertz CT molecular complexity index is 457. The van der Waals surface area contributed by atoms with E-state index in [-0.39, 0.29) is 17.9 Å². The van der Waals surface area contributed by atoms with Crippen molar-refractivity contribution in [2.75, 3.05) is 0 Å². The first-order valence-corrected chi connectivity index (χ1v) is 6.39. The van der Waals surface area contributed by atoms with Crippen LogP contribution in [0.2, 0.25) is 0 Å². The van der Waals surface area contributed by atoms with Crippen LogP contribution < -0.4 is 4.74 Å². The molecule has 1 N–H and O–H groups in total. The lowest BCUT2D eigenvalue weighted by Gasteiger charge is -2.31. The van der Waals surface area contributed by atoms with Crippen molar-refractivity contribution in [3.05, 3.63) is 29.3 Å². The third-order valence-electron chi connectivity index (χ3n) is 3.33. The molecular weight excluding hydrogens is 228 g/mol. The van der Waals surface area contributed by atoms with E-state index in [1.165, 1.54) is 5.56 Å². The predicted molar refractivity (Wildman–Crippen MR) is 70.1 cm³/mol. The minimum absolute atomic E-state index is 0.0104. The van der Waals surface area contributed by atoms with Gasteiger partial charge in [0.2, 0.25) is 0 Å². The van der Waals surface area contributed by atoms with Crippen LogP contribution in [0, 0.1) is 0 Å². The summed E-state index contributed by atoms with van der Waals surface area (Å²) in [5.74, 6) is 0.110. The molecule has 0 saturated heterocycles. The fraction of sp³-hybridized carbons (Fsp3) is 0.533. The third kappa shape index (κ3) is 2.66. The SMILES string of the molecule is CC(C)(C)c1cccc2c1OC(CC(=O)O)CC2. The van der Waals surface area contributed by atoms with Crippen LogP contribution in [-0.4, -0.2) is 17.2 Å². The highest BCUT2D eigenvalue weighted by molar-refractivity contribution is 5.67. The molecule has 1 heterocycles. The van der Waals surface area contributed by atoms with E-state index in [1.807, 2.05) is 0 Å². The summed E-state index contributed by atoms with van der Waals surface area (Å²) in [4.78, 5) is 10.8. The molecule has 1 aromatic rings. The molecule has 0 radical (unpaired) electrons. The van der Waals surface area contributed by atoms with Crippen LogP contribution in [0.1, 0.15) is 44.7 Å². The monoisotopic (exact) mass is 248 g/mol. The minimum Gasteiger partial charge on any atom is -0.489 e. The van der Waals surface area contributed by atoms with Crippen molar-refractivity contribution in [1.29, 1.82) is 0 Å². The van der Waals surface area contributed by atoms with Crippen LogP contribution in [0.4, 0.5) is 0 Å². The number of carbonyl (C=O) groups is 1. The van der Waals surface area contributed by atoms with Gasteiger partial charge >= 0.3 is 5.97 Å². The zero-order valence-corrected chi connectivity index (χ0v) is 11.2. The van der Waals surface area contributed by atoms with Crippen LogP contribution >= 0.6 is 0 Å². The topological polar surface area (TPSA) is 46.5 Å². The molecule has 3 nitrogen and oxygen atoms in total. The number of rotatable bonds is 2. The standard InChI is InChI=1S/C15H20O3/c1-15(2,3)12-6-4-5-10-7-8-11(9-13(16)17)18-14(10)12/h4-6,11H,7-9H2,1-3H3,(H,16,17). The van der Waals surface area contributed by atoms with E-state index in [0.29, 0.717) is 0 Å². The summed E-state index contributed by atoms with van der Waals surface area (Å²) in [5.41, 5.74) is 2.37. The van der Waals surface area contributed by atoms with Crippen molar-refractivity contribution in [2.45, 2.75) is 51.6 Å². The Kier molecular flexibility index (Phi) is 3.33. The highest BCUT2D eigenvalue weighted by atomic mass is 16.5. The van der Waals surface area contributed by atoms with Gasteiger partial charge in [0, 0.05) is 0 Å². The summed E-state index contributed by atoms with van der Waals surface area (Å²) in [6.07, 6.45) is 1.57. The lowest BCUT2D eigenvalue weighted by Crippen LogP contribution is -2.27. The molecule has 2 rings (SSSR count). The molecule has 1 aromatic carbocycles. The first-order chi connectivity index (χ1) is 8.38. The highest BCUT2D eigenvalue weighted by Crippen LogP contribution is 2.38. The van der Waals surface area contributed by atoms with Crippen molar-refractivity contribution in [1.82, 2.24) is 0 Å². The molecule has 3 heteroatoms. The Labute approximate surface area is 108 Å². The van der Waals surface area contributed by atoms with Crippen molar-refractivity contribution in [2.24, 2.45) is 0 Å². The molecule has 98 valence electrons. The minimum atomic E-state index is -0.795. The first kappa shape index (κ1) is 12.9. The number of hydrogen-bond donors (Lipinski definition) is 1. The van der Waals surface area contributed by atoms with Crippen LogP contribution in [0.5, 0.6) is 5.75 Å². The Morgan fingerprint density at radius 3 is 2.78 bits per heavy atom. The summed E-state index contributed by atoms with van der Waals surface area (Å²) in [7, 11) is 0. The number of hydrogen-bond acceptors (Lipinski definition) is 2. The van der Waals surface area contributed by atoms with E-state index >= 15 is 0 Å². The normalized spacial score (nSPS) is 18.9. The van der Waals surface area contributed by atoms with Gasteiger partial charge in [-0.1, -0.05) is 39.0 Å². The van der Waals surface area contributed by atoms with Gasteiger partial charge in [-0.25, -0.2) is 0 Å². The lowest BCUT2D eigenvalue weighted by atomic mass is 9.83. The number of para-hydroxylation sites is 1. The maximum Gasteiger partial charge on any atom is 0.307 e. The fourth-order valence-electron chi connectivity index (χ4n) is 2.39. The zero-order chi connectivity index (χ0) is 13.3. The van der Waals surface area contributed by atoms with Gasteiger partial charge in [0.1, 0.15) is 11.9 Å². The van der Waals surface area contributed by atoms with Crippen LogP contribution in [-0.2, 0) is 16.6 Å². The van der Waals surface area contributed by atoms with E-state index in [2.05, 4.69) is 39.0 Å². The van der Waals surface area contributed by atoms with Crippen molar-refractivity contribution < 1.29 is 14.6 Å². The van der Waals surface area contributed by atoms with Crippen molar-refractivity contribution >= 4 is 5.97 Å². The average molecular weight is 248 g/mol. The molecule has 1 atom stereocenters. The van der Waals surface area contributed by atoms with Crippen LogP contribution in [0.3, 0.4) is 0 Å². The summed E-state index contributed by atoms with van der Waals surface area (Å²) < 4.78 is 5.92. The Balaban J connectivity index is 2.32. The molecule has 1 unspecified atom stereocenters. The second-order valence-electron chi connectivity index (χ2n) is 5.92. The third-order valence-corrected chi connectivity index (χ3v) is 3.33. The quantitative estimate of drug-likeness (QED) is 0.874. The first-order valence-electron chi connectivity index (χ1n) is 6.39. The molecule has 0 bridgehead atoms. The van der Waals surface area contributed by atoms with Gasteiger partial charge in [0.25, 0.3) is 0 Å². The second kappa shape index (κ2) is 4.63. The fourth-order valence-corrected chi connectivity index (χ4v) is 2.39. The summed E-state index contributed by atoms with van der Waals surface area (Å²) in [6.45, 7) is 6.44. The maximum atomic E-state index is 10.8. The molecular formula is C15H20O3. The lowest BCUT2D eigenvalue weighted by molar-refractivity contribution is -0.139. The van der Waals surface area contributed by atoms with Gasteiger partial charge in [0.15, 0.2) is 0 Å². The highest BCUT2D eigenvalue weighted by Gasteiger charge is 2.27. The Morgan fingerprint density at radius 2 is 2.17 bits per heavy atom. The molecule has 0 amide bonds. The van der Waals surface area contributed by atoms with Crippen molar-refractivity contribution in [3.63, 3.8) is 0 Å². The number of fused-ring (bicyclic) bond motifs is 1. The Hall–Kier alpha value is -1.51. The molecule has 0 aromatic heterocycles. The van der Waals surface area contributed by atoms with Gasteiger partial charge in [0.05, 0.1) is 6.42 Å². The summed E-state index contributed by atoms with van der Waals surface area (Å²) in [5, 5.41) is 8.86. The van der Waals surface area contributed by atoms with Gasteiger partial charge < -0.3 is 9.84 Å². The maximum absolute atomic E-state index is 10.8.